The van der Waals surface area contributed by atoms with E-state index in [1.54, 1.807) is 0 Å². The molecule has 378 valence electrons. The van der Waals surface area contributed by atoms with E-state index in [1.165, 1.54) is 54.7 Å². The molecule has 4 aliphatic heterocycles. The number of piperidine rings is 4. The minimum Gasteiger partial charge on any atom is -0.445 e. The molecule has 3 aromatic carbocycles. The summed E-state index contributed by atoms with van der Waals surface area (Å²) >= 11 is 0. The first-order chi connectivity index (χ1) is 33.5. The lowest BCUT2D eigenvalue weighted by Crippen LogP contribution is -2.40. The highest BCUT2D eigenvalue weighted by Crippen LogP contribution is 2.33. The number of rotatable bonds is 24. The number of nitrogens with one attached hydrogen (secondary N) is 1. The maximum absolute atomic E-state index is 12.7. The number of carbonyl (C=O) groups excluding carboxylic acids is 1. The molecule has 10 nitrogen and oxygen atoms in total. The Balaban J connectivity index is 0.000000234. The molecule has 4 heterocycles. The third-order valence-electron chi connectivity index (χ3n) is 14.6. The van der Waals surface area contributed by atoms with Crippen LogP contribution in [0.1, 0.15) is 159 Å². The topological polar surface area (TPSA) is 85.0 Å². The van der Waals surface area contributed by atoms with Gasteiger partial charge >= 0.3 is 6.09 Å². The van der Waals surface area contributed by atoms with Gasteiger partial charge in [0.25, 0.3) is 0 Å². The van der Waals surface area contributed by atoms with Gasteiger partial charge in [-0.25, -0.2) is 4.79 Å². The third kappa shape index (κ3) is 17.6. The van der Waals surface area contributed by atoms with E-state index < -0.39 is 0 Å². The van der Waals surface area contributed by atoms with Crippen LogP contribution in [0.5, 0.6) is 0 Å². The quantitative estimate of drug-likeness (QED) is 0.0697. The monoisotopic (exact) mass is 939 g/mol. The summed E-state index contributed by atoms with van der Waals surface area (Å²) in [5.41, 5.74) is 6.46. The van der Waals surface area contributed by atoms with Gasteiger partial charge in [0.1, 0.15) is 6.61 Å². The van der Waals surface area contributed by atoms with Crippen molar-refractivity contribution < 1.29 is 28.5 Å². The second kappa shape index (κ2) is 30.8. The van der Waals surface area contributed by atoms with Gasteiger partial charge in [0.15, 0.2) is 12.6 Å². The normalized spacial score (nSPS) is 19.6. The molecule has 0 unspecified atom stereocenters. The zero-order chi connectivity index (χ0) is 47.6. The minimum absolute atomic E-state index is 0.0172. The van der Waals surface area contributed by atoms with E-state index >= 15 is 0 Å². The fourth-order valence-electron chi connectivity index (χ4n) is 10.2. The van der Waals surface area contributed by atoms with E-state index in [-0.39, 0.29) is 18.7 Å². The molecule has 4 fully saturated rings. The standard InChI is InChI=1S/C33H48N2O4.C25H42N2O2/c1-3-5-23-37-32(38-24-6-4-2)29-18-21-34(22-19-29)31-16-14-28(15-17-31)30-13-10-20-35(25-30)33(36)39-26-27-11-8-7-9-12-27;1-3-5-18-28-25(29-19-6-4-2)22-13-16-27(17-14-22)24-11-9-21(10-12-24)23-8-7-15-26-20-23/h7-9,11-12,14-17,29-30,32H,3-6,10,13,18-26H2,1-2H3;9-12,22-23,25-26H,3-8,13-20H2,1-2H3/t30-;23-/m00/s1. The highest BCUT2D eigenvalue weighted by Gasteiger charge is 2.31. The molecule has 0 radical (unpaired) electrons. The SMILES string of the molecule is CCCCOC(OCCCC)C1CCN(c2ccc([C@H]3CCCN(C(=O)OCc4ccccc4)C3)cc2)CC1.CCCCOC(OCCCC)C1CCN(c2ccc([C@H]3CCCNC3)cc2)CC1. The molecule has 0 bridgehead atoms. The predicted octanol–water partition coefficient (Wildman–Crippen LogP) is 12.7. The first-order valence-electron chi connectivity index (χ1n) is 27.3. The Kier molecular flexibility index (Phi) is 24.3. The van der Waals surface area contributed by atoms with Crippen molar-refractivity contribution in [2.75, 3.05) is 88.6 Å². The lowest BCUT2D eigenvalue weighted by atomic mass is 9.90. The fourth-order valence-corrected chi connectivity index (χ4v) is 10.2. The Bertz CT molecular complexity index is 1740. The molecule has 3 aromatic rings. The van der Waals surface area contributed by atoms with Crippen molar-refractivity contribution in [3.8, 4) is 0 Å². The van der Waals surface area contributed by atoms with Crippen LogP contribution in [0, 0.1) is 11.8 Å². The molecule has 4 saturated heterocycles. The van der Waals surface area contributed by atoms with E-state index in [4.69, 9.17) is 23.7 Å². The largest absolute Gasteiger partial charge is 0.445 e. The molecular formula is C58H90N4O6. The van der Waals surface area contributed by atoms with Crippen LogP contribution >= 0.6 is 0 Å². The second-order valence-electron chi connectivity index (χ2n) is 19.8. The van der Waals surface area contributed by atoms with Crippen molar-refractivity contribution in [3.05, 3.63) is 95.6 Å². The number of nitrogens with zero attached hydrogens (tertiary/aromatic N) is 3. The Morgan fingerprint density at radius 3 is 1.46 bits per heavy atom. The van der Waals surface area contributed by atoms with Crippen LogP contribution < -0.4 is 15.1 Å². The number of hydrogen-bond donors (Lipinski definition) is 1. The van der Waals surface area contributed by atoms with E-state index in [0.29, 0.717) is 30.3 Å². The Hall–Kier alpha value is -3.67. The molecule has 0 spiro atoms. The van der Waals surface area contributed by atoms with Gasteiger partial charge in [-0.1, -0.05) is 108 Å². The van der Waals surface area contributed by atoms with Crippen molar-refractivity contribution in [1.29, 1.82) is 0 Å². The van der Waals surface area contributed by atoms with E-state index in [2.05, 4.69) is 91.3 Å². The lowest BCUT2D eigenvalue weighted by molar-refractivity contribution is -0.177. The van der Waals surface area contributed by atoms with Gasteiger partial charge < -0.3 is 43.7 Å². The first-order valence-corrected chi connectivity index (χ1v) is 27.3. The average Bonchev–Trinajstić information content (AvgIpc) is 3.40. The van der Waals surface area contributed by atoms with Crippen LogP contribution in [0.25, 0.3) is 0 Å². The molecule has 1 amide bonds. The number of anilines is 2. The molecule has 1 N–H and O–H groups in total. The maximum atomic E-state index is 12.7. The average molecular weight is 939 g/mol. The highest BCUT2D eigenvalue weighted by atomic mass is 16.7. The van der Waals surface area contributed by atoms with Crippen molar-refractivity contribution in [3.63, 3.8) is 0 Å². The molecule has 10 heteroatoms. The minimum atomic E-state index is -0.210. The molecule has 0 aliphatic carbocycles. The molecule has 7 rings (SSSR count). The number of carbonyl (C=O) groups is 1. The Morgan fingerprint density at radius 2 is 1.01 bits per heavy atom. The zero-order valence-electron chi connectivity index (χ0n) is 42.8. The van der Waals surface area contributed by atoms with Gasteiger partial charge in [-0.2, -0.15) is 0 Å². The summed E-state index contributed by atoms with van der Waals surface area (Å²) in [7, 11) is 0. The van der Waals surface area contributed by atoms with Gasteiger partial charge in [-0.05, 0) is 130 Å². The number of amides is 1. The van der Waals surface area contributed by atoms with Crippen molar-refractivity contribution in [2.24, 2.45) is 11.8 Å². The highest BCUT2D eigenvalue weighted by molar-refractivity contribution is 5.68. The van der Waals surface area contributed by atoms with E-state index in [0.717, 1.165) is 155 Å². The van der Waals surface area contributed by atoms with Gasteiger partial charge in [-0.3, -0.25) is 0 Å². The van der Waals surface area contributed by atoms with Crippen LogP contribution in [0.4, 0.5) is 16.2 Å². The summed E-state index contributed by atoms with van der Waals surface area (Å²) in [5, 5.41) is 3.53. The van der Waals surface area contributed by atoms with Gasteiger partial charge in [0, 0.05) is 101 Å². The first kappa shape index (κ1) is 53.7. The van der Waals surface area contributed by atoms with Gasteiger partial charge in [0.05, 0.1) is 0 Å². The summed E-state index contributed by atoms with van der Waals surface area (Å²) in [5.74, 6) is 2.02. The van der Waals surface area contributed by atoms with Crippen molar-refractivity contribution in [2.45, 2.75) is 161 Å². The maximum Gasteiger partial charge on any atom is 0.410 e. The van der Waals surface area contributed by atoms with Crippen molar-refractivity contribution >= 4 is 17.5 Å². The summed E-state index contributed by atoms with van der Waals surface area (Å²) in [6, 6.07) is 28.3. The summed E-state index contributed by atoms with van der Waals surface area (Å²) in [6.45, 7) is 20.4. The smallest absolute Gasteiger partial charge is 0.410 e. The lowest BCUT2D eigenvalue weighted by Gasteiger charge is -2.37. The zero-order valence-corrected chi connectivity index (χ0v) is 42.8. The number of ether oxygens (including phenoxy) is 5. The molecular weight excluding hydrogens is 849 g/mol. The van der Waals surface area contributed by atoms with Crippen LogP contribution in [-0.4, -0.2) is 102 Å². The van der Waals surface area contributed by atoms with Crippen LogP contribution in [0.2, 0.25) is 0 Å². The van der Waals surface area contributed by atoms with Crippen LogP contribution in [0.15, 0.2) is 78.9 Å². The number of likely N-dealkylation sites (tertiary alicyclic amines) is 1. The Labute approximate surface area is 412 Å². The molecule has 68 heavy (non-hydrogen) atoms. The molecule has 0 aromatic heterocycles. The summed E-state index contributed by atoms with van der Waals surface area (Å²) < 4.78 is 30.2. The predicted molar refractivity (Wildman–Crippen MR) is 279 cm³/mol. The summed E-state index contributed by atoms with van der Waals surface area (Å²) in [4.78, 5) is 19.6. The molecule has 2 atom stereocenters. The molecule has 0 saturated carbocycles. The van der Waals surface area contributed by atoms with Gasteiger partial charge in [-0.15, -0.1) is 0 Å². The Morgan fingerprint density at radius 1 is 0.559 bits per heavy atom. The third-order valence-corrected chi connectivity index (χ3v) is 14.6. The number of hydrogen-bond acceptors (Lipinski definition) is 9. The van der Waals surface area contributed by atoms with Crippen molar-refractivity contribution in [1.82, 2.24) is 10.2 Å². The van der Waals surface area contributed by atoms with Gasteiger partial charge in [0.2, 0.25) is 0 Å². The van der Waals surface area contributed by atoms with Crippen LogP contribution in [-0.2, 0) is 30.3 Å². The number of unbranched alkanes of at least 4 members (excludes halogenated alkanes) is 4. The second-order valence-corrected chi connectivity index (χ2v) is 19.8. The summed E-state index contributed by atoms with van der Waals surface area (Å²) in [6.07, 6.45) is 18.0. The van der Waals surface area contributed by atoms with E-state index in [9.17, 15) is 4.79 Å². The van der Waals surface area contributed by atoms with Crippen LogP contribution in [0.3, 0.4) is 0 Å². The van der Waals surface area contributed by atoms with E-state index in [1.807, 2.05) is 35.2 Å². The molecule has 4 aliphatic rings. The number of benzene rings is 3. The fraction of sp³-hybridized carbons (Fsp3) is 0.672.